The lowest BCUT2D eigenvalue weighted by molar-refractivity contribution is -0.295. The molecule has 2 fully saturated rings. The predicted molar refractivity (Wildman–Crippen MR) is 112 cm³/mol. The molecule has 28 heavy (non-hydrogen) atoms. The van der Waals surface area contributed by atoms with Crippen molar-refractivity contribution in [1.29, 1.82) is 0 Å². The molecule has 0 aromatic heterocycles. The van der Waals surface area contributed by atoms with Crippen LogP contribution in [0.3, 0.4) is 0 Å². The van der Waals surface area contributed by atoms with Crippen molar-refractivity contribution in [3.63, 3.8) is 0 Å². The van der Waals surface area contributed by atoms with E-state index in [2.05, 4.69) is 25.4 Å². The third-order valence-corrected chi connectivity index (χ3v) is 6.20. The van der Waals surface area contributed by atoms with Crippen LogP contribution in [0.2, 0.25) is 0 Å². The van der Waals surface area contributed by atoms with E-state index in [9.17, 15) is 4.79 Å². The third kappa shape index (κ3) is 8.89. The molecule has 0 aliphatic heterocycles. The van der Waals surface area contributed by atoms with Gasteiger partial charge in [-0.3, -0.25) is 0 Å². The van der Waals surface area contributed by atoms with Crippen molar-refractivity contribution in [2.24, 2.45) is 17.8 Å². The first-order valence-electron chi connectivity index (χ1n) is 11.0. The number of hydrogen-bond donors (Lipinski definition) is 1. The Morgan fingerprint density at radius 2 is 1.64 bits per heavy atom. The number of carbonyl (C=O) groups is 1. The molecule has 160 valence electrons. The Morgan fingerprint density at radius 3 is 2.25 bits per heavy atom. The zero-order chi connectivity index (χ0) is 20.2. The van der Waals surface area contributed by atoms with E-state index in [0.29, 0.717) is 31.8 Å². The van der Waals surface area contributed by atoms with Gasteiger partial charge in [0.25, 0.3) is 0 Å². The minimum atomic E-state index is -0.383. The fraction of sp³-hybridized carbons (Fsp3) is 0.783. The lowest BCUT2D eigenvalue weighted by Crippen LogP contribution is -2.42. The molecule has 1 N–H and O–H groups in total. The maximum Gasteiger partial charge on any atom is 0.330 e. The van der Waals surface area contributed by atoms with Gasteiger partial charge in [0, 0.05) is 24.1 Å². The van der Waals surface area contributed by atoms with Crippen LogP contribution in [0, 0.1) is 17.8 Å². The standard InChI is InChI=1S/C23H39NO4/c1-4-14-27-28-17-20(16-26-23(25)5-2)15-19-8-12-22(13-9-19)24-21-10-6-18(3)7-11-21/h4-5,18-22,24H,1-2,6-17H2,3H3. The molecule has 2 aliphatic rings. The quantitative estimate of drug-likeness (QED) is 0.131. The maximum absolute atomic E-state index is 11.4. The lowest BCUT2D eigenvalue weighted by atomic mass is 9.80. The highest BCUT2D eigenvalue weighted by Crippen LogP contribution is 2.31. The van der Waals surface area contributed by atoms with Crippen molar-refractivity contribution in [2.75, 3.05) is 19.8 Å². The molecule has 2 aliphatic carbocycles. The van der Waals surface area contributed by atoms with Gasteiger partial charge < -0.3 is 10.1 Å². The van der Waals surface area contributed by atoms with Gasteiger partial charge in [0.15, 0.2) is 0 Å². The minimum Gasteiger partial charge on any atom is -0.462 e. The average Bonchev–Trinajstić information content (AvgIpc) is 2.72. The molecule has 0 radical (unpaired) electrons. The molecule has 2 rings (SSSR count). The Hall–Kier alpha value is -1.17. The first kappa shape index (κ1) is 23.1. The molecule has 2 saturated carbocycles. The van der Waals surface area contributed by atoms with Crippen molar-refractivity contribution in [1.82, 2.24) is 5.32 Å². The van der Waals surface area contributed by atoms with Crippen molar-refractivity contribution in [3.05, 3.63) is 25.3 Å². The van der Waals surface area contributed by atoms with Gasteiger partial charge >= 0.3 is 5.97 Å². The SMILES string of the molecule is C=CCOOCC(COC(=O)C=C)CC1CCC(NC2CCC(C)CC2)CC1. The first-order valence-corrected chi connectivity index (χ1v) is 11.0. The van der Waals surface area contributed by atoms with E-state index in [1.54, 1.807) is 6.08 Å². The second-order valence-corrected chi connectivity index (χ2v) is 8.63. The topological polar surface area (TPSA) is 56.8 Å². The zero-order valence-electron chi connectivity index (χ0n) is 17.6. The van der Waals surface area contributed by atoms with Gasteiger partial charge in [-0.05, 0) is 69.6 Å². The van der Waals surface area contributed by atoms with E-state index in [4.69, 9.17) is 14.5 Å². The van der Waals surface area contributed by atoms with Crippen LogP contribution in [0.15, 0.2) is 25.3 Å². The third-order valence-electron chi connectivity index (χ3n) is 6.20. The second-order valence-electron chi connectivity index (χ2n) is 8.63. The van der Waals surface area contributed by atoms with Gasteiger partial charge in [0.05, 0.1) is 13.2 Å². The number of rotatable bonds is 12. The highest BCUT2D eigenvalue weighted by atomic mass is 17.2. The molecule has 0 aromatic carbocycles. The second kappa shape index (κ2) is 13.1. The van der Waals surface area contributed by atoms with E-state index in [0.717, 1.165) is 18.4 Å². The number of carbonyl (C=O) groups excluding carboxylic acids is 1. The smallest absolute Gasteiger partial charge is 0.330 e. The van der Waals surface area contributed by atoms with E-state index in [1.807, 2.05) is 0 Å². The van der Waals surface area contributed by atoms with Crippen LogP contribution in [-0.4, -0.2) is 37.9 Å². The summed E-state index contributed by atoms with van der Waals surface area (Å²) in [4.78, 5) is 21.7. The number of nitrogens with one attached hydrogen (secondary N) is 1. The monoisotopic (exact) mass is 393 g/mol. The van der Waals surface area contributed by atoms with Gasteiger partial charge in [-0.25, -0.2) is 14.6 Å². The molecule has 0 aromatic rings. The van der Waals surface area contributed by atoms with Gasteiger partial charge in [-0.1, -0.05) is 19.6 Å². The van der Waals surface area contributed by atoms with Crippen molar-refractivity contribution < 1.29 is 19.3 Å². The van der Waals surface area contributed by atoms with Crippen LogP contribution in [-0.2, 0) is 19.3 Å². The van der Waals surface area contributed by atoms with Crippen LogP contribution >= 0.6 is 0 Å². The van der Waals surface area contributed by atoms with Crippen LogP contribution in [0.25, 0.3) is 0 Å². The fourth-order valence-electron chi connectivity index (χ4n) is 4.48. The highest BCUT2D eigenvalue weighted by molar-refractivity contribution is 5.81. The largest absolute Gasteiger partial charge is 0.462 e. The minimum absolute atomic E-state index is 0.142. The molecule has 0 bridgehead atoms. The molecule has 5 heteroatoms. The summed E-state index contributed by atoms with van der Waals surface area (Å²) in [5.41, 5.74) is 0. The molecule has 0 spiro atoms. The van der Waals surface area contributed by atoms with Crippen LogP contribution in [0.4, 0.5) is 0 Å². The van der Waals surface area contributed by atoms with Crippen LogP contribution in [0.1, 0.15) is 64.7 Å². The lowest BCUT2D eigenvalue weighted by Gasteiger charge is -2.35. The highest BCUT2D eigenvalue weighted by Gasteiger charge is 2.27. The Labute approximate surface area is 170 Å². The van der Waals surface area contributed by atoms with E-state index in [1.165, 1.54) is 57.4 Å². The summed E-state index contributed by atoms with van der Waals surface area (Å²) >= 11 is 0. The molecule has 5 nitrogen and oxygen atoms in total. The summed E-state index contributed by atoms with van der Waals surface area (Å²) in [6.45, 7) is 10.6. The molecular formula is C23H39NO4. The van der Waals surface area contributed by atoms with Crippen molar-refractivity contribution in [3.8, 4) is 0 Å². The predicted octanol–water partition coefficient (Wildman–Crippen LogP) is 4.58. The zero-order valence-corrected chi connectivity index (χ0v) is 17.6. The summed E-state index contributed by atoms with van der Waals surface area (Å²) < 4.78 is 5.26. The van der Waals surface area contributed by atoms with Gasteiger partial charge in [0.1, 0.15) is 6.61 Å². The summed E-state index contributed by atoms with van der Waals surface area (Å²) in [5, 5.41) is 3.91. The summed E-state index contributed by atoms with van der Waals surface area (Å²) in [7, 11) is 0. The molecule has 1 atom stereocenters. The Balaban J connectivity index is 1.70. The van der Waals surface area contributed by atoms with Gasteiger partial charge in [-0.2, -0.15) is 0 Å². The van der Waals surface area contributed by atoms with Crippen LogP contribution in [0.5, 0.6) is 0 Å². The Bertz CT molecular complexity index is 465. The Kier molecular flexibility index (Phi) is 10.8. The molecule has 1 unspecified atom stereocenters. The van der Waals surface area contributed by atoms with E-state index >= 15 is 0 Å². The summed E-state index contributed by atoms with van der Waals surface area (Å²) in [6, 6.07) is 1.39. The fourth-order valence-corrected chi connectivity index (χ4v) is 4.48. The van der Waals surface area contributed by atoms with Crippen LogP contribution < -0.4 is 5.32 Å². The number of hydrogen-bond acceptors (Lipinski definition) is 5. The van der Waals surface area contributed by atoms with Crippen molar-refractivity contribution >= 4 is 5.97 Å². The summed E-state index contributed by atoms with van der Waals surface area (Å²) in [5.74, 6) is 1.31. The molecule has 0 heterocycles. The molecule has 0 saturated heterocycles. The normalized spacial score (nSPS) is 29.0. The Morgan fingerprint density at radius 1 is 1.00 bits per heavy atom. The van der Waals surface area contributed by atoms with E-state index in [-0.39, 0.29) is 11.9 Å². The van der Waals surface area contributed by atoms with Gasteiger partial charge in [0.2, 0.25) is 0 Å². The van der Waals surface area contributed by atoms with Crippen molar-refractivity contribution in [2.45, 2.75) is 76.8 Å². The summed E-state index contributed by atoms with van der Waals surface area (Å²) in [6.07, 6.45) is 14.2. The number of esters is 1. The molecular weight excluding hydrogens is 354 g/mol. The van der Waals surface area contributed by atoms with E-state index < -0.39 is 0 Å². The number of ether oxygens (including phenoxy) is 1. The van der Waals surface area contributed by atoms with Gasteiger partial charge in [-0.15, -0.1) is 6.58 Å². The average molecular weight is 394 g/mol. The molecule has 0 amide bonds. The maximum atomic E-state index is 11.4. The first-order chi connectivity index (χ1) is 13.6.